The number of nitrogens with one attached hydrogen (secondary N) is 2. The third-order valence-electron chi connectivity index (χ3n) is 5.75. The Morgan fingerprint density at radius 1 is 1.20 bits per heavy atom. The summed E-state index contributed by atoms with van der Waals surface area (Å²) in [6.07, 6.45) is -2.52. The molecule has 12 heteroatoms. The monoisotopic (exact) mass is 516 g/mol. The van der Waals surface area contributed by atoms with Crippen molar-refractivity contribution in [3.05, 3.63) is 29.6 Å². The number of halogens is 3. The van der Waals surface area contributed by atoms with Gasteiger partial charge < -0.3 is 20.3 Å². The molecule has 35 heavy (non-hydrogen) atoms. The molecule has 1 saturated carbocycles. The number of carbonyl (C=O) groups excluding carboxylic acids is 1. The molecule has 1 aliphatic carbocycles. The molecule has 0 spiro atoms. The van der Waals surface area contributed by atoms with Crippen molar-refractivity contribution in [1.82, 2.24) is 15.0 Å². The van der Waals surface area contributed by atoms with E-state index in [2.05, 4.69) is 25.6 Å². The molecular weight excluding hydrogens is 481 g/mol. The number of aromatic nitrogens is 3. The number of pyridine rings is 1. The first kappa shape index (κ1) is 30.3. The summed E-state index contributed by atoms with van der Waals surface area (Å²) in [4.78, 5) is 27.1. The molecule has 2 aromatic rings. The SMILES string of the molecule is C.C.Cc1nc(NC2CC(Oc3ccc(C(F)(F)F)cn3)C2)nc2c1NC(=O)[C@H](C(C)C)N2C.S. The lowest BCUT2D eigenvalue weighted by molar-refractivity contribution is -0.137. The maximum Gasteiger partial charge on any atom is 0.417 e. The summed E-state index contributed by atoms with van der Waals surface area (Å²) in [7, 11) is 1.85. The van der Waals surface area contributed by atoms with Gasteiger partial charge in [0.15, 0.2) is 5.82 Å². The topological polar surface area (TPSA) is 92.3 Å². The molecule has 1 fully saturated rings. The number of anilines is 3. The number of ether oxygens (including phenoxy) is 1. The van der Waals surface area contributed by atoms with Gasteiger partial charge in [-0.15, -0.1) is 0 Å². The molecule has 2 aliphatic rings. The van der Waals surface area contributed by atoms with E-state index in [1.165, 1.54) is 6.07 Å². The minimum atomic E-state index is -4.42. The zero-order valence-corrected chi connectivity index (χ0v) is 19.7. The van der Waals surface area contributed by atoms with Gasteiger partial charge in [0.25, 0.3) is 0 Å². The number of rotatable bonds is 5. The molecule has 1 aliphatic heterocycles. The van der Waals surface area contributed by atoms with E-state index in [1.807, 2.05) is 32.7 Å². The van der Waals surface area contributed by atoms with Gasteiger partial charge >= 0.3 is 6.18 Å². The maximum atomic E-state index is 12.6. The fourth-order valence-corrected chi connectivity index (χ4v) is 4.03. The van der Waals surface area contributed by atoms with Gasteiger partial charge in [-0.05, 0) is 18.9 Å². The van der Waals surface area contributed by atoms with Crippen LogP contribution in [0.1, 0.15) is 52.8 Å². The summed E-state index contributed by atoms with van der Waals surface area (Å²) in [6.45, 7) is 5.79. The Kier molecular flexibility index (Phi) is 9.79. The van der Waals surface area contributed by atoms with Crippen LogP contribution >= 0.6 is 13.5 Å². The Bertz CT molecular complexity index is 1010. The quantitative estimate of drug-likeness (QED) is 0.577. The lowest BCUT2D eigenvalue weighted by atomic mass is 9.89. The van der Waals surface area contributed by atoms with Crippen LogP contribution in [0.2, 0.25) is 0 Å². The first-order chi connectivity index (χ1) is 15.0. The molecule has 0 radical (unpaired) electrons. The number of amides is 1. The molecule has 2 aromatic heterocycles. The molecule has 3 heterocycles. The van der Waals surface area contributed by atoms with Gasteiger partial charge in [-0.3, -0.25) is 4.79 Å². The largest absolute Gasteiger partial charge is 0.474 e. The Hall–Kier alpha value is -2.76. The Morgan fingerprint density at radius 3 is 2.40 bits per heavy atom. The van der Waals surface area contributed by atoms with Gasteiger partial charge in [0, 0.05) is 38.2 Å². The summed E-state index contributed by atoms with van der Waals surface area (Å²) in [5.41, 5.74) is 0.475. The third-order valence-corrected chi connectivity index (χ3v) is 5.75. The van der Waals surface area contributed by atoms with Crippen LogP contribution in [0, 0.1) is 12.8 Å². The van der Waals surface area contributed by atoms with Crippen molar-refractivity contribution in [3.63, 3.8) is 0 Å². The standard InChI is InChI=1S/C21H25F3N6O2.2CH4.H2S/c1-10(2)17-19(31)28-16-11(3)26-20(29-18(16)30(17)4)27-13-7-14(8-13)32-15-6-5-12(9-25-15)21(22,23)24;;;/h5-6,9-10,13-14,17H,7-8H2,1-4H3,(H,28,31)(H,26,27,29);2*1H4;1H2/t13?,14?,17-;;;/m0.../s1. The van der Waals surface area contributed by atoms with Crippen molar-refractivity contribution in [2.24, 2.45) is 5.92 Å². The molecule has 0 saturated heterocycles. The van der Waals surface area contributed by atoms with Crippen LogP contribution < -0.4 is 20.3 Å². The van der Waals surface area contributed by atoms with Crippen molar-refractivity contribution < 1.29 is 22.7 Å². The number of carbonyl (C=O) groups is 1. The minimum absolute atomic E-state index is 0. The van der Waals surface area contributed by atoms with E-state index in [-0.39, 0.29) is 64.2 Å². The third kappa shape index (κ3) is 6.28. The van der Waals surface area contributed by atoms with E-state index in [9.17, 15) is 18.0 Å². The first-order valence-corrected chi connectivity index (χ1v) is 10.4. The highest BCUT2D eigenvalue weighted by Crippen LogP contribution is 2.35. The van der Waals surface area contributed by atoms with Gasteiger partial charge in [-0.1, -0.05) is 28.7 Å². The number of fused-ring (bicyclic) bond motifs is 1. The number of likely N-dealkylation sites (N-methyl/N-ethyl adjacent to an activating group) is 1. The second-order valence-electron chi connectivity index (χ2n) is 8.56. The van der Waals surface area contributed by atoms with Crippen molar-refractivity contribution in [2.45, 2.75) is 72.8 Å². The summed E-state index contributed by atoms with van der Waals surface area (Å²) in [5, 5.41) is 6.19. The van der Waals surface area contributed by atoms with Gasteiger partial charge in [-0.25, -0.2) is 9.97 Å². The van der Waals surface area contributed by atoms with Crippen LogP contribution in [-0.4, -0.2) is 46.1 Å². The lowest BCUT2D eigenvalue weighted by Gasteiger charge is -2.38. The van der Waals surface area contributed by atoms with Crippen molar-refractivity contribution >= 4 is 36.9 Å². The molecule has 0 aromatic carbocycles. The van der Waals surface area contributed by atoms with E-state index in [0.717, 1.165) is 12.3 Å². The zero-order chi connectivity index (χ0) is 23.2. The van der Waals surface area contributed by atoms with Crippen LogP contribution in [0.4, 0.5) is 30.6 Å². The van der Waals surface area contributed by atoms with E-state index in [0.29, 0.717) is 36.0 Å². The fraction of sp³-hybridized carbons (Fsp3) is 0.565. The number of aryl methyl sites for hydroxylation is 1. The molecule has 1 amide bonds. The molecule has 0 unspecified atom stereocenters. The Labute approximate surface area is 211 Å². The highest BCUT2D eigenvalue weighted by atomic mass is 32.1. The van der Waals surface area contributed by atoms with Gasteiger partial charge in [0.2, 0.25) is 17.7 Å². The van der Waals surface area contributed by atoms with Crippen LogP contribution in [-0.2, 0) is 11.0 Å². The predicted octanol–water partition coefficient (Wildman–Crippen LogP) is 5.02. The number of alkyl halides is 3. The molecule has 196 valence electrons. The van der Waals surface area contributed by atoms with E-state index >= 15 is 0 Å². The van der Waals surface area contributed by atoms with Crippen LogP contribution in [0.5, 0.6) is 5.88 Å². The molecule has 1 atom stereocenters. The molecular formula is C23H35F3N6O2S. The lowest BCUT2D eigenvalue weighted by Crippen LogP contribution is -2.50. The van der Waals surface area contributed by atoms with Crippen molar-refractivity contribution in [2.75, 3.05) is 22.6 Å². The normalized spacial score (nSPS) is 20.9. The van der Waals surface area contributed by atoms with Crippen LogP contribution in [0.25, 0.3) is 0 Å². The van der Waals surface area contributed by atoms with E-state index < -0.39 is 11.7 Å². The predicted molar refractivity (Wildman–Crippen MR) is 137 cm³/mol. The van der Waals surface area contributed by atoms with Gasteiger partial charge in [-0.2, -0.15) is 31.7 Å². The summed E-state index contributed by atoms with van der Waals surface area (Å²) in [6, 6.07) is 1.94. The number of nitrogens with zero attached hydrogens (tertiary/aromatic N) is 4. The van der Waals surface area contributed by atoms with Gasteiger partial charge in [0.05, 0.1) is 11.3 Å². The second kappa shape index (κ2) is 11.3. The van der Waals surface area contributed by atoms with Crippen molar-refractivity contribution in [1.29, 1.82) is 0 Å². The minimum Gasteiger partial charge on any atom is -0.474 e. The summed E-state index contributed by atoms with van der Waals surface area (Å²) < 4.78 is 43.5. The summed E-state index contributed by atoms with van der Waals surface area (Å²) in [5.74, 6) is 1.34. The first-order valence-electron chi connectivity index (χ1n) is 10.4. The van der Waals surface area contributed by atoms with Crippen LogP contribution in [0.3, 0.4) is 0 Å². The molecule has 0 bridgehead atoms. The zero-order valence-electron chi connectivity index (χ0n) is 18.7. The molecule has 8 nitrogen and oxygen atoms in total. The maximum absolute atomic E-state index is 12.6. The Balaban J connectivity index is 0.00000204. The molecule has 4 rings (SSSR count). The van der Waals surface area contributed by atoms with Gasteiger partial charge in [0.1, 0.15) is 17.8 Å². The highest BCUT2D eigenvalue weighted by Gasteiger charge is 2.37. The van der Waals surface area contributed by atoms with E-state index in [1.54, 1.807) is 0 Å². The average Bonchev–Trinajstić information content (AvgIpc) is 2.67. The summed E-state index contributed by atoms with van der Waals surface area (Å²) >= 11 is 0. The highest BCUT2D eigenvalue weighted by molar-refractivity contribution is 7.59. The number of hydrogen-bond donors (Lipinski definition) is 2. The Morgan fingerprint density at radius 2 is 1.86 bits per heavy atom. The average molecular weight is 517 g/mol. The van der Waals surface area contributed by atoms with Crippen LogP contribution in [0.15, 0.2) is 18.3 Å². The number of hydrogen-bond acceptors (Lipinski definition) is 7. The van der Waals surface area contributed by atoms with Crippen molar-refractivity contribution in [3.8, 4) is 5.88 Å². The van der Waals surface area contributed by atoms with E-state index in [4.69, 9.17) is 4.74 Å². The fourth-order valence-electron chi connectivity index (χ4n) is 4.03. The second-order valence-corrected chi connectivity index (χ2v) is 8.56. The molecule has 2 N–H and O–H groups in total. The smallest absolute Gasteiger partial charge is 0.417 e.